The lowest BCUT2D eigenvalue weighted by molar-refractivity contribution is -0.139. The van der Waals surface area contributed by atoms with Gasteiger partial charge in [-0.2, -0.15) is 36.5 Å². The molecule has 1 aliphatic rings. The number of alkyl halides is 6. The van der Waals surface area contributed by atoms with Gasteiger partial charge in [-0.15, -0.1) is 0 Å². The summed E-state index contributed by atoms with van der Waals surface area (Å²) in [6.45, 7) is 12.8. The summed E-state index contributed by atoms with van der Waals surface area (Å²) in [4.78, 5) is 17.6. The molecule has 1 aliphatic heterocycles. The Morgan fingerprint density at radius 2 is 1.16 bits per heavy atom. The fourth-order valence-electron chi connectivity index (χ4n) is 6.98. The molecule has 0 amide bonds. The number of halogens is 6. The van der Waals surface area contributed by atoms with Gasteiger partial charge in [0.25, 0.3) is 0 Å². The molecule has 20 heteroatoms. The molecule has 336 valence electrons. The lowest BCUT2D eigenvalue weighted by Crippen LogP contribution is -2.22. The van der Waals surface area contributed by atoms with Crippen LogP contribution in [0.15, 0.2) is 73.3 Å². The van der Waals surface area contributed by atoms with Crippen LogP contribution in [0.4, 0.5) is 49.4 Å². The van der Waals surface area contributed by atoms with Crippen molar-refractivity contribution in [2.24, 2.45) is 0 Å². The molecule has 0 aliphatic carbocycles. The second kappa shape index (κ2) is 19.2. The van der Waals surface area contributed by atoms with Crippen molar-refractivity contribution >= 4 is 23.0 Å². The van der Waals surface area contributed by atoms with E-state index in [4.69, 9.17) is 14.6 Å². The van der Waals surface area contributed by atoms with E-state index in [1.54, 1.807) is 17.1 Å². The van der Waals surface area contributed by atoms with E-state index >= 15 is 0 Å². The van der Waals surface area contributed by atoms with Gasteiger partial charge in [0.05, 0.1) is 84.1 Å². The van der Waals surface area contributed by atoms with Gasteiger partial charge in [0, 0.05) is 47.0 Å². The van der Waals surface area contributed by atoms with Crippen LogP contribution < -0.4 is 10.6 Å². The summed E-state index contributed by atoms with van der Waals surface area (Å²) in [6.07, 6.45) is -2.19. The zero-order valence-electron chi connectivity index (χ0n) is 35.4. The average Bonchev–Trinajstić information content (AvgIpc) is 3.84. The first kappa shape index (κ1) is 46.5. The third kappa shape index (κ3) is 11.9. The molecule has 6 aromatic rings. The number of hydrogen-bond donors (Lipinski definition) is 4. The summed E-state index contributed by atoms with van der Waals surface area (Å²) in [5.41, 5.74) is 5.71. The maximum atomic E-state index is 12.8. The summed E-state index contributed by atoms with van der Waals surface area (Å²) in [5, 5.41) is 33.6. The topological polar surface area (TPSA) is 170 Å². The minimum Gasteiger partial charge on any atom is -0.394 e. The smallest absolute Gasteiger partial charge is 0.394 e. The SMILES string of the molecule is Cc1nn(CC[C@H](O)CO)c(C)c1-c1cncc(Nc2ccc(C(F)(F)F)cc2)n1.Cc1nn(CC[C@H]2COC(C)(C)O2)c(C)c1-c1cncc(Nc2ccc(C(F)(F)F)cc2)n1. The number of aryl methyl sites for hydroxylation is 4. The van der Waals surface area contributed by atoms with Crippen LogP contribution in [0.25, 0.3) is 22.5 Å². The summed E-state index contributed by atoms with van der Waals surface area (Å²) in [5.74, 6) is 0.258. The van der Waals surface area contributed by atoms with Crippen molar-refractivity contribution in [3.8, 4) is 22.5 Å². The third-order valence-corrected chi connectivity index (χ3v) is 10.1. The molecular formula is C43H48F6N10O4. The van der Waals surface area contributed by atoms with E-state index in [0.717, 1.165) is 64.6 Å². The van der Waals surface area contributed by atoms with E-state index in [2.05, 4.69) is 40.8 Å². The largest absolute Gasteiger partial charge is 0.416 e. The summed E-state index contributed by atoms with van der Waals surface area (Å²) in [6, 6.07) is 9.44. The number of aliphatic hydroxyl groups excluding tert-OH is 2. The highest BCUT2D eigenvalue weighted by molar-refractivity contribution is 5.68. The number of aromatic nitrogens is 8. The predicted molar refractivity (Wildman–Crippen MR) is 222 cm³/mol. The molecule has 4 aromatic heterocycles. The van der Waals surface area contributed by atoms with Crippen molar-refractivity contribution in [1.82, 2.24) is 39.5 Å². The molecule has 7 rings (SSSR count). The zero-order chi connectivity index (χ0) is 45.7. The Labute approximate surface area is 359 Å². The molecule has 0 unspecified atom stereocenters. The van der Waals surface area contributed by atoms with E-state index in [1.165, 1.54) is 36.7 Å². The van der Waals surface area contributed by atoms with Gasteiger partial charge < -0.3 is 30.3 Å². The molecule has 2 atom stereocenters. The molecule has 14 nitrogen and oxygen atoms in total. The standard InChI is InChI=1S/C23H26F3N5O2.C20H22F3N5O2/c1-14-21(15(2)31(30-14)10-9-18-13-32-22(3,4)33-18)19-11-27-12-20(29-19)28-17-7-5-16(6-8-17)23(24,25)26;1-12-19(13(2)28(27-12)8-7-16(30)11-29)17-9-24-10-18(26-17)25-15-5-3-14(4-6-15)20(21,22)23/h5-8,11-12,18H,9-10,13H2,1-4H3,(H,28,29);3-6,9-10,16,29-30H,7-8,11H2,1-2H3,(H,25,26)/t18-;16-/m00/s1. The summed E-state index contributed by atoms with van der Waals surface area (Å²) >= 11 is 0. The van der Waals surface area contributed by atoms with Crippen molar-refractivity contribution in [2.75, 3.05) is 23.8 Å². The quantitative estimate of drug-likeness (QED) is 0.0815. The van der Waals surface area contributed by atoms with Gasteiger partial charge in [-0.3, -0.25) is 19.3 Å². The molecule has 5 heterocycles. The number of benzene rings is 2. The van der Waals surface area contributed by atoms with Gasteiger partial charge in [-0.1, -0.05) is 0 Å². The minimum atomic E-state index is -4.39. The monoisotopic (exact) mass is 882 g/mol. The maximum Gasteiger partial charge on any atom is 0.416 e. The molecular weight excluding hydrogens is 835 g/mol. The van der Waals surface area contributed by atoms with E-state index in [-0.39, 0.29) is 12.7 Å². The molecule has 63 heavy (non-hydrogen) atoms. The van der Waals surface area contributed by atoms with Crippen molar-refractivity contribution in [1.29, 1.82) is 0 Å². The van der Waals surface area contributed by atoms with Gasteiger partial charge in [0.2, 0.25) is 0 Å². The van der Waals surface area contributed by atoms with Crippen molar-refractivity contribution < 1.29 is 46.0 Å². The van der Waals surface area contributed by atoms with Crippen LogP contribution in [0.2, 0.25) is 0 Å². The first-order valence-electron chi connectivity index (χ1n) is 19.9. The Morgan fingerprint density at radius 1 is 0.714 bits per heavy atom. The number of ether oxygens (including phenoxy) is 2. The van der Waals surface area contributed by atoms with Gasteiger partial charge >= 0.3 is 12.4 Å². The van der Waals surface area contributed by atoms with Crippen molar-refractivity contribution in [2.45, 2.75) is 97.8 Å². The first-order valence-corrected chi connectivity index (χ1v) is 19.9. The second-order valence-corrected chi connectivity index (χ2v) is 15.4. The highest BCUT2D eigenvalue weighted by Gasteiger charge is 2.33. The van der Waals surface area contributed by atoms with Crippen LogP contribution in [0.1, 0.15) is 60.6 Å². The lowest BCUT2D eigenvalue weighted by Gasteiger charge is -2.17. The molecule has 0 saturated carbocycles. The minimum absolute atomic E-state index is 0.0170. The van der Waals surface area contributed by atoms with Crippen molar-refractivity contribution in [3.63, 3.8) is 0 Å². The number of aliphatic hydroxyl groups is 2. The van der Waals surface area contributed by atoms with E-state index < -0.39 is 35.4 Å². The van der Waals surface area contributed by atoms with Gasteiger partial charge in [0.1, 0.15) is 11.6 Å². The number of nitrogens with zero attached hydrogens (tertiary/aromatic N) is 8. The molecule has 0 bridgehead atoms. The fraction of sp³-hybridized carbons (Fsp3) is 0.395. The lowest BCUT2D eigenvalue weighted by atomic mass is 10.1. The van der Waals surface area contributed by atoms with Crippen LogP contribution in [-0.2, 0) is 34.9 Å². The van der Waals surface area contributed by atoms with Crippen LogP contribution in [-0.4, -0.2) is 80.9 Å². The normalized spacial score (nSPS) is 15.5. The summed E-state index contributed by atoms with van der Waals surface area (Å²) < 4.78 is 91.6. The molecule has 1 fully saturated rings. The molecule has 1 saturated heterocycles. The van der Waals surface area contributed by atoms with Crippen LogP contribution in [0, 0.1) is 27.7 Å². The molecule has 0 spiro atoms. The zero-order valence-corrected chi connectivity index (χ0v) is 35.4. The van der Waals surface area contributed by atoms with Gasteiger partial charge in [0.15, 0.2) is 5.79 Å². The molecule has 0 radical (unpaired) electrons. The molecule has 2 aromatic carbocycles. The predicted octanol–water partition coefficient (Wildman–Crippen LogP) is 8.72. The van der Waals surface area contributed by atoms with Crippen LogP contribution in [0.3, 0.4) is 0 Å². The fourth-order valence-corrected chi connectivity index (χ4v) is 6.98. The number of nitrogens with one attached hydrogen (secondary N) is 2. The van der Waals surface area contributed by atoms with Crippen LogP contribution >= 0.6 is 0 Å². The van der Waals surface area contributed by atoms with E-state index in [0.29, 0.717) is 60.5 Å². The van der Waals surface area contributed by atoms with Gasteiger partial charge in [-0.25, -0.2) is 9.97 Å². The van der Waals surface area contributed by atoms with E-state index in [9.17, 15) is 31.4 Å². The maximum absolute atomic E-state index is 12.8. The summed E-state index contributed by atoms with van der Waals surface area (Å²) in [7, 11) is 0. The average molecular weight is 883 g/mol. The second-order valence-electron chi connectivity index (χ2n) is 15.4. The van der Waals surface area contributed by atoms with E-state index in [1.807, 2.05) is 46.2 Å². The highest BCUT2D eigenvalue weighted by Crippen LogP contribution is 2.33. The van der Waals surface area contributed by atoms with Crippen LogP contribution in [0.5, 0.6) is 0 Å². The Bertz CT molecular complexity index is 2470. The highest BCUT2D eigenvalue weighted by atomic mass is 19.4. The van der Waals surface area contributed by atoms with Crippen molar-refractivity contribution in [3.05, 3.63) is 107 Å². The first-order chi connectivity index (χ1) is 29.7. The Balaban J connectivity index is 0.000000211. The Hall–Kier alpha value is -5.96. The number of rotatable bonds is 13. The Morgan fingerprint density at radius 3 is 1.56 bits per heavy atom. The number of anilines is 4. The number of hydrogen-bond acceptors (Lipinski definition) is 12. The Kier molecular flexibility index (Phi) is 14.2. The molecule has 4 N–H and O–H groups in total. The third-order valence-electron chi connectivity index (χ3n) is 10.1. The van der Waals surface area contributed by atoms with Gasteiger partial charge in [-0.05, 0) is 103 Å².